The Morgan fingerprint density at radius 1 is 1.25 bits per heavy atom. The van der Waals surface area contributed by atoms with Gasteiger partial charge in [-0.1, -0.05) is 6.07 Å². The fourth-order valence-electron chi connectivity index (χ4n) is 1.83. The van der Waals surface area contributed by atoms with Crippen LogP contribution in [0.5, 0.6) is 0 Å². The van der Waals surface area contributed by atoms with E-state index in [1.54, 1.807) is 13.0 Å². The van der Waals surface area contributed by atoms with Crippen molar-refractivity contribution in [2.24, 2.45) is 0 Å². The van der Waals surface area contributed by atoms with Crippen LogP contribution in [0.4, 0.5) is 13.2 Å². The van der Waals surface area contributed by atoms with Gasteiger partial charge in [-0.05, 0) is 37.1 Å². The summed E-state index contributed by atoms with van der Waals surface area (Å²) in [5, 5.41) is 12.4. The van der Waals surface area contributed by atoms with Gasteiger partial charge in [0, 0.05) is 0 Å². The van der Waals surface area contributed by atoms with E-state index in [0.717, 1.165) is 11.1 Å². The van der Waals surface area contributed by atoms with Gasteiger partial charge in [0.2, 0.25) is 0 Å². The smallest absolute Gasteiger partial charge is 0.434 e. The lowest BCUT2D eigenvalue weighted by Crippen LogP contribution is -2.17. The van der Waals surface area contributed by atoms with E-state index in [1.807, 2.05) is 6.92 Å². The molecule has 2 rings (SSSR count). The normalized spacial score (nSPS) is 11.7. The first-order chi connectivity index (χ1) is 9.21. The molecular weight excluding hydrogens is 273 g/mol. The zero-order chi connectivity index (χ0) is 15.1. The second-order valence-electron chi connectivity index (χ2n) is 4.39. The van der Waals surface area contributed by atoms with Gasteiger partial charge >= 0.3 is 12.1 Å². The van der Waals surface area contributed by atoms with E-state index in [-0.39, 0.29) is 5.69 Å². The van der Waals surface area contributed by atoms with Gasteiger partial charge in [-0.15, -0.1) is 0 Å². The number of rotatable bonds is 2. The minimum absolute atomic E-state index is 0.174. The molecule has 0 saturated heterocycles. The summed E-state index contributed by atoms with van der Waals surface area (Å²) >= 11 is 0. The molecule has 1 heterocycles. The summed E-state index contributed by atoms with van der Waals surface area (Å²) in [4.78, 5) is 10.9. The molecule has 0 radical (unpaired) electrons. The van der Waals surface area contributed by atoms with Crippen LogP contribution in [0.2, 0.25) is 0 Å². The maximum atomic E-state index is 13.0. The molecule has 0 aliphatic rings. The Bertz CT molecular complexity index is 675. The van der Waals surface area contributed by atoms with Gasteiger partial charge in [-0.3, -0.25) is 0 Å². The van der Waals surface area contributed by atoms with Gasteiger partial charge in [0.25, 0.3) is 0 Å². The molecule has 0 amide bonds. The summed E-state index contributed by atoms with van der Waals surface area (Å²) < 4.78 is 39.7. The third-order valence-electron chi connectivity index (χ3n) is 3.00. The highest BCUT2D eigenvalue weighted by molar-refractivity contribution is 5.89. The van der Waals surface area contributed by atoms with Crippen LogP contribution in [-0.4, -0.2) is 20.9 Å². The van der Waals surface area contributed by atoms with Gasteiger partial charge in [0.15, 0.2) is 5.69 Å². The quantitative estimate of drug-likeness (QED) is 0.921. The summed E-state index contributed by atoms with van der Waals surface area (Å²) in [7, 11) is 0. The molecule has 7 heteroatoms. The Morgan fingerprint density at radius 3 is 2.40 bits per heavy atom. The summed E-state index contributed by atoms with van der Waals surface area (Å²) in [6.07, 6.45) is -4.09. The van der Waals surface area contributed by atoms with Crippen LogP contribution in [0.1, 0.15) is 27.2 Å². The van der Waals surface area contributed by atoms with Gasteiger partial charge in [0.05, 0.1) is 11.9 Å². The number of hydrogen-bond donors (Lipinski definition) is 1. The van der Waals surface area contributed by atoms with E-state index < -0.39 is 23.4 Å². The van der Waals surface area contributed by atoms with Crippen LogP contribution in [0, 0.1) is 13.8 Å². The molecule has 0 aliphatic heterocycles. The Labute approximate surface area is 112 Å². The van der Waals surface area contributed by atoms with Crippen molar-refractivity contribution in [3.8, 4) is 5.69 Å². The number of hydrogen-bond acceptors (Lipinski definition) is 2. The van der Waals surface area contributed by atoms with Crippen molar-refractivity contribution in [3.63, 3.8) is 0 Å². The van der Waals surface area contributed by atoms with Crippen molar-refractivity contribution in [3.05, 3.63) is 46.8 Å². The van der Waals surface area contributed by atoms with E-state index in [0.29, 0.717) is 10.9 Å². The summed E-state index contributed by atoms with van der Waals surface area (Å²) in [6, 6.07) is 4.66. The van der Waals surface area contributed by atoms with Crippen molar-refractivity contribution in [2.75, 3.05) is 0 Å². The third-order valence-corrected chi connectivity index (χ3v) is 3.00. The van der Waals surface area contributed by atoms with Crippen LogP contribution in [-0.2, 0) is 6.18 Å². The molecule has 1 aromatic heterocycles. The van der Waals surface area contributed by atoms with E-state index in [2.05, 4.69) is 5.10 Å². The molecular formula is C13H11F3N2O2. The largest absolute Gasteiger partial charge is 0.478 e. The van der Waals surface area contributed by atoms with Gasteiger partial charge in [0.1, 0.15) is 5.56 Å². The lowest BCUT2D eigenvalue weighted by atomic mass is 10.1. The first-order valence-electron chi connectivity index (χ1n) is 5.68. The fourth-order valence-corrected chi connectivity index (χ4v) is 1.83. The van der Waals surface area contributed by atoms with E-state index in [9.17, 15) is 18.0 Å². The highest BCUT2D eigenvalue weighted by atomic mass is 19.4. The van der Waals surface area contributed by atoms with Crippen LogP contribution in [0.3, 0.4) is 0 Å². The fraction of sp³-hybridized carbons (Fsp3) is 0.231. The predicted molar refractivity (Wildman–Crippen MR) is 65.0 cm³/mol. The molecule has 0 spiro atoms. The van der Waals surface area contributed by atoms with Crippen LogP contribution in [0.15, 0.2) is 24.4 Å². The SMILES string of the molecule is Cc1ccc(-n2ncc(C(=O)O)c2C(F)(F)F)cc1C. The minimum atomic E-state index is -4.80. The first-order valence-corrected chi connectivity index (χ1v) is 5.68. The van der Waals surface area contributed by atoms with Crippen molar-refractivity contribution >= 4 is 5.97 Å². The number of aryl methyl sites for hydroxylation is 2. The monoisotopic (exact) mass is 284 g/mol. The van der Waals surface area contributed by atoms with E-state index in [1.165, 1.54) is 12.1 Å². The Hall–Kier alpha value is -2.31. The van der Waals surface area contributed by atoms with Crippen LogP contribution < -0.4 is 0 Å². The molecule has 0 saturated carbocycles. The molecule has 1 aromatic carbocycles. The zero-order valence-electron chi connectivity index (χ0n) is 10.7. The van der Waals surface area contributed by atoms with Crippen molar-refractivity contribution in [2.45, 2.75) is 20.0 Å². The van der Waals surface area contributed by atoms with E-state index in [4.69, 9.17) is 5.11 Å². The number of carboxylic acid groups (broad SMARTS) is 1. The summed E-state index contributed by atoms with van der Waals surface area (Å²) in [6.45, 7) is 3.59. The zero-order valence-corrected chi connectivity index (χ0v) is 10.7. The number of aromatic nitrogens is 2. The molecule has 20 heavy (non-hydrogen) atoms. The molecule has 4 nitrogen and oxygen atoms in total. The van der Waals surface area contributed by atoms with Gasteiger partial charge in [-0.2, -0.15) is 18.3 Å². The van der Waals surface area contributed by atoms with Crippen molar-refractivity contribution in [1.29, 1.82) is 0 Å². The number of halogens is 3. The van der Waals surface area contributed by atoms with E-state index >= 15 is 0 Å². The Balaban J connectivity index is 2.68. The molecule has 2 aromatic rings. The number of alkyl halides is 3. The molecule has 0 unspecified atom stereocenters. The summed E-state index contributed by atoms with van der Waals surface area (Å²) in [5.41, 5.74) is -0.257. The molecule has 0 aliphatic carbocycles. The predicted octanol–water partition coefficient (Wildman–Crippen LogP) is 3.21. The Kier molecular flexibility index (Phi) is 3.29. The maximum Gasteiger partial charge on any atom is 0.434 e. The Morgan fingerprint density at radius 2 is 1.90 bits per heavy atom. The number of carboxylic acids is 1. The third kappa shape index (κ3) is 2.38. The first kappa shape index (κ1) is 14.1. The van der Waals surface area contributed by atoms with Crippen molar-refractivity contribution < 1.29 is 23.1 Å². The highest BCUT2D eigenvalue weighted by Gasteiger charge is 2.40. The summed E-state index contributed by atoms with van der Waals surface area (Å²) in [5.74, 6) is -1.66. The molecule has 0 fully saturated rings. The standard InChI is InChI=1S/C13H11F3N2O2/c1-7-3-4-9(5-8(7)2)18-11(13(14,15)16)10(6-17-18)12(19)20/h3-6H,1-2H3,(H,19,20). The number of carbonyl (C=O) groups is 1. The maximum absolute atomic E-state index is 13.0. The second-order valence-corrected chi connectivity index (χ2v) is 4.39. The number of nitrogens with zero attached hydrogens (tertiary/aromatic N) is 2. The van der Waals surface area contributed by atoms with Gasteiger partial charge < -0.3 is 5.11 Å². The van der Waals surface area contributed by atoms with Crippen molar-refractivity contribution in [1.82, 2.24) is 9.78 Å². The average Bonchev–Trinajstić information content (AvgIpc) is 2.77. The van der Waals surface area contributed by atoms with Crippen LogP contribution in [0.25, 0.3) is 5.69 Å². The number of aromatic carboxylic acids is 1. The lowest BCUT2D eigenvalue weighted by Gasteiger charge is -2.12. The highest BCUT2D eigenvalue weighted by Crippen LogP contribution is 2.33. The minimum Gasteiger partial charge on any atom is -0.478 e. The number of benzene rings is 1. The molecule has 0 atom stereocenters. The van der Waals surface area contributed by atoms with Gasteiger partial charge in [-0.25, -0.2) is 9.48 Å². The second kappa shape index (κ2) is 4.66. The topological polar surface area (TPSA) is 55.1 Å². The average molecular weight is 284 g/mol. The molecule has 106 valence electrons. The lowest BCUT2D eigenvalue weighted by molar-refractivity contribution is -0.143. The van der Waals surface area contributed by atoms with Crippen LogP contribution >= 0.6 is 0 Å². The molecule has 1 N–H and O–H groups in total. The molecule has 0 bridgehead atoms.